The second-order valence-electron chi connectivity index (χ2n) is 8.85. The number of rotatable bonds is 11. The van der Waals surface area contributed by atoms with Crippen molar-refractivity contribution in [3.63, 3.8) is 0 Å². The number of nitrogens with zero attached hydrogens (tertiary/aromatic N) is 2. The van der Waals surface area contributed by atoms with E-state index in [0.717, 1.165) is 23.3 Å². The minimum absolute atomic E-state index is 0.118. The van der Waals surface area contributed by atoms with Crippen molar-refractivity contribution in [1.82, 2.24) is 9.80 Å². The molecule has 0 saturated heterocycles. The van der Waals surface area contributed by atoms with Crippen molar-refractivity contribution in [1.29, 1.82) is 0 Å². The number of hydrogen-bond acceptors (Lipinski definition) is 6. The van der Waals surface area contributed by atoms with Crippen LogP contribution >= 0.6 is 0 Å². The van der Waals surface area contributed by atoms with Crippen molar-refractivity contribution in [2.75, 3.05) is 38.9 Å². The highest BCUT2D eigenvalue weighted by atomic mass is 16.7. The van der Waals surface area contributed by atoms with Gasteiger partial charge in [0, 0.05) is 25.9 Å². The minimum atomic E-state index is -0.365. The van der Waals surface area contributed by atoms with Crippen LogP contribution < -0.4 is 14.8 Å². The number of fused-ring (bicyclic) bond motifs is 1. The monoisotopic (exact) mass is 507 g/mol. The fourth-order valence-corrected chi connectivity index (χ4v) is 4.04. The molecule has 0 bridgehead atoms. The van der Waals surface area contributed by atoms with Crippen LogP contribution in [0.2, 0.25) is 0 Å². The highest BCUT2D eigenvalue weighted by molar-refractivity contribution is 5.92. The van der Waals surface area contributed by atoms with Gasteiger partial charge in [0.2, 0.25) is 12.7 Å². The Hall–Kier alpha value is -3.98. The summed E-state index contributed by atoms with van der Waals surface area (Å²) in [6.45, 7) is 5.11. The van der Waals surface area contributed by atoms with Crippen molar-refractivity contribution < 1.29 is 28.2 Å². The summed E-state index contributed by atoms with van der Waals surface area (Å²) < 4.78 is 21.8. The topological polar surface area (TPSA) is 93.5 Å². The third kappa shape index (κ3) is 7.04. The summed E-state index contributed by atoms with van der Waals surface area (Å²) in [5.41, 5.74) is 2.67. The van der Waals surface area contributed by atoms with Gasteiger partial charge in [-0.25, -0.2) is 4.79 Å². The van der Waals surface area contributed by atoms with Crippen LogP contribution in [0.15, 0.2) is 59.0 Å². The third-order valence-electron chi connectivity index (χ3n) is 6.07. The average molecular weight is 508 g/mol. The molecule has 1 aliphatic heterocycles. The fourth-order valence-electron chi connectivity index (χ4n) is 4.04. The highest BCUT2D eigenvalue weighted by Gasteiger charge is 2.24. The van der Waals surface area contributed by atoms with E-state index in [9.17, 15) is 9.59 Å². The van der Waals surface area contributed by atoms with Crippen LogP contribution in [0.25, 0.3) is 0 Å². The zero-order chi connectivity index (χ0) is 26.2. The molecule has 9 nitrogen and oxygen atoms in total. The van der Waals surface area contributed by atoms with Crippen LogP contribution in [0.5, 0.6) is 11.5 Å². The Morgan fingerprint density at radius 1 is 0.973 bits per heavy atom. The number of hydrogen-bond donors (Lipinski definition) is 1. The molecule has 0 unspecified atom stereocenters. The van der Waals surface area contributed by atoms with Gasteiger partial charge in [0.25, 0.3) is 0 Å². The second kappa shape index (κ2) is 12.3. The Kier molecular flexibility index (Phi) is 8.68. The first-order chi connectivity index (χ1) is 17.9. The summed E-state index contributed by atoms with van der Waals surface area (Å²) in [5.74, 6) is 2.53. The lowest BCUT2D eigenvalue weighted by Gasteiger charge is -2.27. The first-order valence-electron chi connectivity index (χ1n) is 12.3. The maximum absolute atomic E-state index is 13.6. The molecule has 196 valence electrons. The van der Waals surface area contributed by atoms with E-state index < -0.39 is 0 Å². The largest absolute Gasteiger partial charge is 0.464 e. The normalized spacial score (nSPS) is 11.9. The molecule has 3 aromatic rings. The van der Waals surface area contributed by atoms with Gasteiger partial charge >= 0.3 is 6.03 Å². The highest BCUT2D eigenvalue weighted by Crippen LogP contribution is 2.33. The van der Waals surface area contributed by atoms with Crippen molar-refractivity contribution in [2.45, 2.75) is 33.4 Å². The first-order valence-corrected chi connectivity index (χ1v) is 12.3. The summed E-state index contributed by atoms with van der Waals surface area (Å²) in [5, 5.41) is 2.91. The van der Waals surface area contributed by atoms with Gasteiger partial charge in [-0.1, -0.05) is 25.1 Å². The van der Waals surface area contributed by atoms with Gasteiger partial charge in [0.15, 0.2) is 11.5 Å². The smallest absolute Gasteiger partial charge is 0.322 e. The molecule has 9 heteroatoms. The van der Waals surface area contributed by atoms with Gasteiger partial charge in [0.1, 0.15) is 18.1 Å². The van der Waals surface area contributed by atoms with E-state index in [1.807, 2.05) is 61.5 Å². The zero-order valence-corrected chi connectivity index (χ0v) is 21.5. The van der Waals surface area contributed by atoms with E-state index in [0.29, 0.717) is 36.1 Å². The Balaban J connectivity index is 1.51. The van der Waals surface area contributed by atoms with E-state index in [4.69, 9.17) is 18.6 Å². The van der Waals surface area contributed by atoms with Crippen LogP contribution in [-0.4, -0.2) is 55.3 Å². The molecule has 3 amide bonds. The van der Waals surface area contributed by atoms with Crippen LogP contribution in [0, 0.1) is 6.92 Å². The van der Waals surface area contributed by atoms with Crippen LogP contribution in [0.4, 0.5) is 10.5 Å². The van der Waals surface area contributed by atoms with Gasteiger partial charge in [0.05, 0.1) is 13.2 Å². The quantitative estimate of drug-likeness (QED) is 0.408. The van der Waals surface area contributed by atoms with E-state index in [-0.39, 0.29) is 38.4 Å². The summed E-state index contributed by atoms with van der Waals surface area (Å²) in [6.07, 6.45) is 0.858. The number of furan rings is 1. The number of carbonyl (C=O) groups is 2. The van der Waals surface area contributed by atoms with Gasteiger partial charge in [-0.3, -0.25) is 4.79 Å². The molecule has 0 fully saturated rings. The molecule has 0 atom stereocenters. The summed E-state index contributed by atoms with van der Waals surface area (Å²) in [7, 11) is 1.56. The van der Waals surface area contributed by atoms with E-state index >= 15 is 0 Å². The maximum Gasteiger partial charge on any atom is 0.322 e. The van der Waals surface area contributed by atoms with Crippen LogP contribution in [0.1, 0.15) is 29.6 Å². The van der Waals surface area contributed by atoms with E-state index in [1.54, 1.807) is 12.0 Å². The lowest BCUT2D eigenvalue weighted by Crippen LogP contribution is -2.45. The van der Waals surface area contributed by atoms with Gasteiger partial charge < -0.3 is 33.7 Å². The molecular weight excluding hydrogens is 474 g/mol. The Labute approximate surface area is 216 Å². The lowest BCUT2D eigenvalue weighted by molar-refractivity contribution is -0.133. The Morgan fingerprint density at radius 2 is 1.81 bits per heavy atom. The van der Waals surface area contributed by atoms with Crippen molar-refractivity contribution in [3.8, 4) is 11.5 Å². The molecule has 0 saturated carbocycles. The first kappa shape index (κ1) is 26.1. The number of amides is 3. The molecule has 0 spiro atoms. The lowest BCUT2D eigenvalue weighted by atomic mass is 10.1. The van der Waals surface area contributed by atoms with Gasteiger partial charge in [-0.05, 0) is 60.9 Å². The molecule has 1 N–H and O–H groups in total. The van der Waals surface area contributed by atoms with Crippen molar-refractivity contribution in [3.05, 3.63) is 77.2 Å². The molecule has 1 aliphatic rings. The molecule has 37 heavy (non-hydrogen) atoms. The van der Waals surface area contributed by atoms with Crippen molar-refractivity contribution >= 4 is 17.6 Å². The Bertz CT molecular complexity index is 1220. The van der Waals surface area contributed by atoms with E-state index in [1.165, 1.54) is 4.90 Å². The fraction of sp³-hybridized carbons (Fsp3) is 0.357. The predicted octanol–water partition coefficient (Wildman–Crippen LogP) is 4.59. The standard InChI is InChI=1S/C28H33N3O6/c1-4-21-6-5-7-23(14-21)29-28(33)30(12-13-34-3)18-27(32)31(17-24-10-8-20(2)37-24)16-22-9-11-25-26(15-22)36-19-35-25/h5-11,14-15H,4,12-13,16-19H2,1-3H3,(H,29,33). The summed E-state index contributed by atoms with van der Waals surface area (Å²) >= 11 is 0. The number of methoxy groups -OCH3 is 1. The number of benzene rings is 2. The molecule has 0 aliphatic carbocycles. The van der Waals surface area contributed by atoms with Crippen LogP contribution in [-0.2, 0) is 29.0 Å². The number of anilines is 1. The number of nitrogens with one attached hydrogen (secondary N) is 1. The van der Waals surface area contributed by atoms with Gasteiger partial charge in [-0.15, -0.1) is 0 Å². The third-order valence-corrected chi connectivity index (χ3v) is 6.07. The van der Waals surface area contributed by atoms with E-state index in [2.05, 4.69) is 12.2 Å². The second-order valence-corrected chi connectivity index (χ2v) is 8.85. The minimum Gasteiger partial charge on any atom is -0.464 e. The molecule has 4 rings (SSSR count). The molecular formula is C28H33N3O6. The van der Waals surface area contributed by atoms with Gasteiger partial charge in [-0.2, -0.15) is 0 Å². The molecule has 2 heterocycles. The van der Waals surface area contributed by atoms with Crippen molar-refractivity contribution in [2.24, 2.45) is 0 Å². The molecule has 2 aromatic carbocycles. The zero-order valence-electron chi connectivity index (χ0n) is 21.5. The molecule has 0 radical (unpaired) electrons. The number of ether oxygens (including phenoxy) is 3. The number of aryl methyl sites for hydroxylation is 2. The van der Waals surface area contributed by atoms with Crippen LogP contribution in [0.3, 0.4) is 0 Å². The SMILES string of the molecule is CCc1cccc(NC(=O)N(CCOC)CC(=O)N(Cc2ccc3c(c2)OCO3)Cc2ccc(C)o2)c1. The average Bonchev–Trinajstić information content (AvgIpc) is 3.54. The summed E-state index contributed by atoms with van der Waals surface area (Å²) in [4.78, 5) is 29.9. The number of carbonyl (C=O) groups excluding carboxylic acids is 2. The predicted molar refractivity (Wildman–Crippen MR) is 139 cm³/mol. The maximum atomic E-state index is 13.6. The Morgan fingerprint density at radius 3 is 2.57 bits per heavy atom. The molecule has 1 aromatic heterocycles. The summed E-state index contributed by atoms with van der Waals surface area (Å²) in [6, 6.07) is 16.6. The number of urea groups is 1.